The average Bonchev–Trinajstić information content (AvgIpc) is 2.63. The minimum Gasteiger partial charge on any atom is -0.298 e. The van der Waals surface area contributed by atoms with Gasteiger partial charge < -0.3 is 0 Å². The molecule has 0 aromatic rings. The summed E-state index contributed by atoms with van der Waals surface area (Å²) in [6.07, 6.45) is 10.2. The third kappa shape index (κ3) is 1.04. The lowest BCUT2D eigenvalue weighted by atomic mass is 9.91. The van der Waals surface area contributed by atoms with Gasteiger partial charge in [-0.25, -0.2) is 0 Å². The summed E-state index contributed by atoms with van der Waals surface area (Å²) in [5.41, 5.74) is 6.13. The number of hydrogen-bond donors (Lipinski definition) is 0. The molecule has 3 aliphatic rings. The fourth-order valence-corrected chi connectivity index (χ4v) is 2.39. The Hall–Kier alpha value is -1.08. The molecule has 66 valence electrons. The first-order valence-corrected chi connectivity index (χ1v) is 4.82. The molecule has 0 spiro atoms. The van der Waals surface area contributed by atoms with Crippen LogP contribution in [0.25, 0.3) is 0 Å². The Morgan fingerprint density at radius 1 is 1.31 bits per heavy atom. The molecular formula is C12H13N. The number of rotatable bonds is 0. The molecule has 0 amide bonds. The molecule has 0 bridgehead atoms. The summed E-state index contributed by atoms with van der Waals surface area (Å²) >= 11 is 0. The number of hydrogen-bond acceptors (Lipinski definition) is 1. The van der Waals surface area contributed by atoms with E-state index in [1.165, 1.54) is 17.6 Å². The Morgan fingerprint density at radius 2 is 2.23 bits per heavy atom. The van der Waals surface area contributed by atoms with E-state index < -0.39 is 0 Å². The quantitative estimate of drug-likeness (QED) is 0.539. The van der Waals surface area contributed by atoms with Crippen LogP contribution in [-0.4, -0.2) is 25.0 Å². The summed E-state index contributed by atoms with van der Waals surface area (Å²) in [6, 6.07) is 0. The zero-order chi connectivity index (χ0) is 8.84. The Bertz CT molecular complexity index is 380. The fraction of sp³-hybridized carbons (Fsp3) is 0.333. The molecule has 0 atom stereocenters. The molecule has 13 heavy (non-hydrogen) atoms. The summed E-state index contributed by atoms with van der Waals surface area (Å²) in [4.78, 5) is 2.38. The second kappa shape index (κ2) is 2.46. The van der Waals surface area contributed by atoms with Gasteiger partial charge in [-0.3, -0.25) is 4.90 Å². The molecule has 0 saturated carbocycles. The van der Waals surface area contributed by atoms with Gasteiger partial charge in [-0.1, -0.05) is 24.3 Å². The largest absolute Gasteiger partial charge is 0.298 e. The van der Waals surface area contributed by atoms with E-state index in [1.807, 2.05) is 0 Å². The van der Waals surface area contributed by atoms with Gasteiger partial charge in [0.15, 0.2) is 0 Å². The van der Waals surface area contributed by atoms with Crippen molar-refractivity contribution in [3.8, 4) is 0 Å². The molecular weight excluding hydrogens is 158 g/mol. The van der Waals surface area contributed by atoms with Crippen molar-refractivity contribution >= 4 is 0 Å². The van der Waals surface area contributed by atoms with Gasteiger partial charge in [-0.05, 0) is 35.8 Å². The van der Waals surface area contributed by atoms with E-state index in [9.17, 15) is 0 Å². The molecule has 0 N–H and O–H groups in total. The normalized spacial score (nSPS) is 25.9. The monoisotopic (exact) mass is 171 g/mol. The molecule has 1 nitrogen and oxygen atoms in total. The molecule has 1 heterocycles. The number of allylic oxidation sites excluding steroid dienone is 5. The molecule has 0 fully saturated rings. The Labute approximate surface area is 78.7 Å². The van der Waals surface area contributed by atoms with Gasteiger partial charge in [-0.2, -0.15) is 0 Å². The van der Waals surface area contributed by atoms with E-state index in [2.05, 4.69) is 36.3 Å². The SMILES string of the molecule is CN1CC2=C(CC3=CC=CC3=C2)C1. The molecule has 0 saturated heterocycles. The van der Waals surface area contributed by atoms with Gasteiger partial charge in [0.05, 0.1) is 0 Å². The first kappa shape index (κ1) is 7.34. The molecule has 0 aromatic carbocycles. The highest BCUT2D eigenvalue weighted by Crippen LogP contribution is 2.35. The summed E-state index contributed by atoms with van der Waals surface area (Å²) in [6.45, 7) is 2.30. The lowest BCUT2D eigenvalue weighted by Crippen LogP contribution is -2.14. The average molecular weight is 171 g/mol. The molecule has 0 unspecified atom stereocenters. The van der Waals surface area contributed by atoms with Crippen LogP contribution >= 0.6 is 0 Å². The van der Waals surface area contributed by atoms with Crippen LogP contribution in [-0.2, 0) is 0 Å². The number of fused-ring (bicyclic) bond motifs is 1. The summed E-state index contributed by atoms with van der Waals surface area (Å²) in [5.74, 6) is 0. The highest BCUT2D eigenvalue weighted by atomic mass is 15.1. The Kier molecular flexibility index (Phi) is 1.39. The van der Waals surface area contributed by atoms with Crippen LogP contribution < -0.4 is 0 Å². The third-order valence-electron chi connectivity index (χ3n) is 3.03. The lowest BCUT2D eigenvalue weighted by molar-refractivity contribution is 0.425. The zero-order valence-corrected chi connectivity index (χ0v) is 7.88. The van der Waals surface area contributed by atoms with Crippen molar-refractivity contribution in [2.45, 2.75) is 6.42 Å². The second-order valence-corrected chi connectivity index (χ2v) is 4.13. The maximum Gasteiger partial charge on any atom is 0.0234 e. The van der Waals surface area contributed by atoms with E-state index in [1.54, 1.807) is 11.1 Å². The second-order valence-electron chi connectivity index (χ2n) is 4.13. The van der Waals surface area contributed by atoms with E-state index in [-0.39, 0.29) is 0 Å². The van der Waals surface area contributed by atoms with Crippen molar-refractivity contribution in [3.05, 3.63) is 46.6 Å². The van der Waals surface area contributed by atoms with Gasteiger partial charge >= 0.3 is 0 Å². The van der Waals surface area contributed by atoms with Crippen molar-refractivity contribution in [2.75, 3.05) is 20.1 Å². The van der Waals surface area contributed by atoms with Crippen LogP contribution in [0.4, 0.5) is 0 Å². The van der Waals surface area contributed by atoms with Gasteiger partial charge in [0.25, 0.3) is 0 Å². The molecule has 1 aliphatic heterocycles. The van der Waals surface area contributed by atoms with Crippen LogP contribution in [0.1, 0.15) is 6.42 Å². The third-order valence-corrected chi connectivity index (χ3v) is 3.03. The minimum absolute atomic E-state index is 1.14. The van der Waals surface area contributed by atoms with Crippen molar-refractivity contribution in [3.63, 3.8) is 0 Å². The minimum atomic E-state index is 1.14. The maximum atomic E-state index is 2.38. The molecule has 0 radical (unpaired) electrons. The Balaban J connectivity index is 2.01. The highest BCUT2D eigenvalue weighted by molar-refractivity contribution is 5.58. The first-order chi connectivity index (χ1) is 6.33. The van der Waals surface area contributed by atoms with E-state index >= 15 is 0 Å². The van der Waals surface area contributed by atoms with Crippen LogP contribution in [0.5, 0.6) is 0 Å². The van der Waals surface area contributed by atoms with E-state index in [0.29, 0.717) is 0 Å². The summed E-state index contributed by atoms with van der Waals surface area (Å²) in [7, 11) is 2.19. The summed E-state index contributed by atoms with van der Waals surface area (Å²) in [5, 5.41) is 0. The number of nitrogens with zero attached hydrogens (tertiary/aromatic N) is 1. The maximum absolute atomic E-state index is 2.38. The van der Waals surface area contributed by atoms with E-state index in [4.69, 9.17) is 0 Å². The standard InChI is InChI=1S/C12H13N/c1-13-7-11-5-9-3-2-4-10(9)6-12(11)8-13/h2-5H,6-8H2,1H3. The number of likely N-dealkylation sites (N-methyl/N-ethyl adjacent to an activating group) is 1. The molecule has 0 aromatic heterocycles. The van der Waals surface area contributed by atoms with Crippen molar-refractivity contribution in [1.82, 2.24) is 4.90 Å². The highest BCUT2D eigenvalue weighted by Gasteiger charge is 2.23. The van der Waals surface area contributed by atoms with E-state index in [0.717, 1.165) is 13.1 Å². The van der Waals surface area contributed by atoms with Crippen LogP contribution in [0.2, 0.25) is 0 Å². The van der Waals surface area contributed by atoms with Crippen LogP contribution in [0.15, 0.2) is 46.6 Å². The lowest BCUT2D eigenvalue weighted by Gasteiger charge is -2.13. The van der Waals surface area contributed by atoms with Gasteiger partial charge in [0.2, 0.25) is 0 Å². The fourth-order valence-electron chi connectivity index (χ4n) is 2.39. The van der Waals surface area contributed by atoms with Crippen LogP contribution in [0, 0.1) is 0 Å². The van der Waals surface area contributed by atoms with Gasteiger partial charge in [0.1, 0.15) is 0 Å². The van der Waals surface area contributed by atoms with Crippen LogP contribution in [0.3, 0.4) is 0 Å². The molecule has 2 aliphatic carbocycles. The Morgan fingerprint density at radius 3 is 3.15 bits per heavy atom. The van der Waals surface area contributed by atoms with Crippen molar-refractivity contribution in [1.29, 1.82) is 0 Å². The first-order valence-electron chi connectivity index (χ1n) is 4.82. The predicted octanol–water partition coefficient (Wildman–Crippen LogP) is 2.05. The van der Waals surface area contributed by atoms with Crippen molar-refractivity contribution < 1.29 is 0 Å². The van der Waals surface area contributed by atoms with Crippen molar-refractivity contribution in [2.24, 2.45) is 0 Å². The van der Waals surface area contributed by atoms with Gasteiger partial charge in [0, 0.05) is 13.1 Å². The predicted molar refractivity (Wildman–Crippen MR) is 54.4 cm³/mol. The smallest absolute Gasteiger partial charge is 0.0234 e. The zero-order valence-electron chi connectivity index (χ0n) is 7.88. The molecule has 1 heteroatoms. The molecule has 3 rings (SSSR count). The topological polar surface area (TPSA) is 3.24 Å². The van der Waals surface area contributed by atoms with Gasteiger partial charge in [-0.15, -0.1) is 0 Å². The summed E-state index contributed by atoms with van der Waals surface area (Å²) < 4.78 is 0.